The maximum Gasteiger partial charge on any atom is 0.161 e. The topological polar surface area (TPSA) is 214 Å². The zero-order chi connectivity index (χ0) is 61.1. The van der Waals surface area contributed by atoms with Crippen LogP contribution >= 0.6 is 21.6 Å². The molecule has 1 saturated heterocycles. The van der Waals surface area contributed by atoms with Gasteiger partial charge in [0.15, 0.2) is 11.5 Å². The first kappa shape index (κ1) is 61.6. The third kappa shape index (κ3) is 11.5. The fourth-order valence-corrected chi connectivity index (χ4v) is 22.8. The lowest BCUT2D eigenvalue weighted by atomic mass is 9.39. The largest absolute Gasteiger partial charge is 0.504 e. The number of allylic oxidation sites excluding steroid dienone is 5. The van der Waals surface area contributed by atoms with Crippen molar-refractivity contribution in [3.05, 3.63) is 165 Å². The van der Waals surface area contributed by atoms with E-state index in [4.69, 9.17) is 15.2 Å². The standard InChI is InChI=1S/C75H93N3O9S2/c1-2-43-28-49-33-62(82)66(87-67-34-50(29-53-15-9-24-77-53)55-21-25-78-73(76)61(55)42-89-88-41-51(40-80)72(67)85)36-57(49)58-35-63(83)68-46(31-56(43)58)20-23-74(38-54(81)18-19-65(68)86-27-26-79)39-60(44-10-4-3-5-11-44)59-30-45-12-6-7-13-48(45)37-75-22-8-14-52(75)17-16-47-32-64(84)71(74)69(59)70(47)75/h3-7,9-13,15-17,21,24,31,33,36,43,46-47,50-52,54,58-60,63-65,67-72,77-85H,2,8,14,18-19,22,25-30,32,34-35,37-42,76H2,1H3/t43-,46+,47-,50-,51+,52-,54+,58+,59+,60-,63-,64-,65+,67+,68+,69+,70+,71+,72+,74-,75-/m1/s1. The SMILES string of the molecule is CC[C@@H]1Cc2cc(O)c(O[C@H]3C[C@@H](Cc4ccc[nH]4)C4=CCNC(N)=C4CSSC[C@H](CO)[C@@H]3O)cc2[C@H]2C[C@@H](O)[C@H]3[C@@H](OCCO)CC[C@H](O)C[C@]4(C#C[C@H]3C=C12)C[C@H](c1ccccc1)[C@@H]1Cc2ccccc2C[C@]23CCC[C@@H]2C=C[C@@H]2C[C@@H](O)[C@H]4[C@@H]1[C@H]23. The summed E-state index contributed by atoms with van der Waals surface area (Å²) in [4.78, 5) is 3.40. The summed E-state index contributed by atoms with van der Waals surface area (Å²) in [6.45, 7) is 2.45. The highest BCUT2D eigenvalue weighted by Gasteiger charge is 2.67. The van der Waals surface area contributed by atoms with Gasteiger partial charge in [-0.05, 0) is 200 Å². The van der Waals surface area contributed by atoms with Gasteiger partial charge in [0.2, 0.25) is 0 Å². The van der Waals surface area contributed by atoms with E-state index in [2.05, 4.69) is 114 Å². The van der Waals surface area contributed by atoms with Gasteiger partial charge >= 0.3 is 0 Å². The molecule has 4 aromatic rings. The van der Waals surface area contributed by atoms with Crippen LogP contribution in [0.4, 0.5) is 0 Å². The first-order valence-corrected chi connectivity index (χ1v) is 36.3. The summed E-state index contributed by atoms with van der Waals surface area (Å²) >= 11 is 0. The van der Waals surface area contributed by atoms with Gasteiger partial charge in [0.1, 0.15) is 11.9 Å². The molecule has 1 aromatic heterocycles. The van der Waals surface area contributed by atoms with E-state index in [0.29, 0.717) is 93.5 Å². The van der Waals surface area contributed by atoms with Crippen molar-refractivity contribution in [1.29, 1.82) is 0 Å². The smallest absolute Gasteiger partial charge is 0.161 e. The molecule has 0 bridgehead atoms. The second-order valence-corrected chi connectivity index (χ2v) is 31.1. The van der Waals surface area contributed by atoms with E-state index in [-0.39, 0.29) is 84.1 Å². The van der Waals surface area contributed by atoms with Crippen LogP contribution in [0.5, 0.6) is 11.5 Å². The number of phenols is 1. The Morgan fingerprint density at radius 2 is 1.66 bits per heavy atom. The summed E-state index contributed by atoms with van der Waals surface area (Å²) in [7, 11) is 3.26. The summed E-state index contributed by atoms with van der Waals surface area (Å²) in [5.74, 6) is 9.74. The maximum absolute atomic E-state index is 13.3. The molecule has 10 aliphatic rings. The molecule has 14 heteroatoms. The molecule has 3 heterocycles. The van der Waals surface area contributed by atoms with Crippen molar-refractivity contribution in [1.82, 2.24) is 10.3 Å². The molecule has 3 aromatic carbocycles. The third-order valence-corrected chi connectivity index (χ3v) is 26.5. The molecule has 0 unspecified atom stereocenters. The van der Waals surface area contributed by atoms with Gasteiger partial charge < -0.3 is 61.3 Å². The van der Waals surface area contributed by atoms with E-state index >= 15 is 0 Å². The van der Waals surface area contributed by atoms with Crippen LogP contribution in [-0.4, -0.2) is 115 Å². The molecule has 2 aliphatic heterocycles. The highest BCUT2D eigenvalue weighted by atomic mass is 33.1. The Morgan fingerprint density at radius 3 is 2.47 bits per heavy atom. The van der Waals surface area contributed by atoms with Crippen LogP contribution < -0.4 is 15.8 Å². The quantitative estimate of drug-likeness (QED) is 0.0407. The number of aromatic nitrogens is 1. The number of aromatic hydroxyl groups is 1. The number of nitrogens with two attached hydrogens (primary N) is 1. The molecule has 14 rings (SSSR count). The number of benzene rings is 3. The van der Waals surface area contributed by atoms with Crippen molar-refractivity contribution in [2.45, 2.75) is 152 Å². The predicted molar refractivity (Wildman–Crippen MR) is 351 cm³/mol. The molecule has 89 heavy (non-hydrogen) atoms. The lowest BCUT2D eigenvalue weighted by Crippen LogP contribution is -2.63. The van der Waals surface area contributed by atoms with Crippen LogP contribution in [0.3, 0.4) is 0 Å². The average molecular weight is 1240 g/mol. The third-order valence-electron chi connectivity index (χ3n) is 24.1. The van der Waals surface area contributed by atoms with Gasteiger partial charge in [0.25, 0.3) is 0 Å². The van der Waals surface area contributed by atoms with Crippen LogP contribution in [-0.2, 0) is 30.4 Å². The van der Waals surface area contributed by atoms with Gasteiger partial charge in [-0.3, -0.25) is 0 Å². The number of aliphatic hydroxyl groups is 6. The summed E-state index contributed by atoms with van der Waals surface area (Å²) in [6, 6.07) is 28.2. The summed E-state index contributed by atoms with van der Waals surface area (Å²) in [5.41, 5.74) is 16.6. The first-order chi connectivity index (χ1) is 43.4. The molecule has 0 amide bonds. The minimum absolute atomic E-state index is 0.0211. The lowest BCUT2D eigenvalue weighted by Gasteiger charge is -2.65. The highest BCUT2D eigenvalue weighted by molar-refractivity contribution is 8.76. The van der Waals surface area contributed by atoms with Crippen molar-refractivity contribution in [2.24, 2.45) is 81.7 Å². The predicted octanol–water partition coefficient (Wildman–Crippen LogP) is 10.5. The van der Waals surface area contributed by atoms with Crippen molar-refractivity contribution in [2.75, 3.05) is 37.9 Å². The maximum atomic E-state index is 13.3. The van der Waals surface area contributed by atoms with E-state index < -0.39 is 59.8 Å². The molecule has 474 valence electrons. The summed E-state index contributed by atoms with van der Waals surface area (Å²) in [6.07, 6.45) is 17.9. The fourth-order valence-electron chi connectivity index (χ4n) is 20.3. The number of hydrogen-bond acceptors (Lipinski definition) is 13. The van der Waals surface area contributed by atoms with Gasteiger partial charge in [-0.1, -0.05) is 131 Å². The average Bonchev–Trinajstić information content (AvgIpc) is 1.61. The van der Waals surface area contributed by atoms with Crippen LogP contribution in [0.2, 0.25) is 0 Å². The van der Waals surface area contributed by atoms with Gasteiger partial charge in [-0.15, -0.1) is 0 Å². The van der Waals surface area contributed by atoms with E-state index in [1.807, 2.05) is 24.4 Å². The number of ether oxygens (including phenoxy) is 2. The molecular weight excluding hydrogens is 1150 g/mol. The lowest BCUT2D eigenvalue weighted by molar-refractivity contribution is -0.169. The number of rotatable bonds is 10. The molecule has 21 atom stereocenters. The number of aliphatic hydroxyl groups excluding tert-OH is 6. The van der Waals surface area contributed by atoms with Crippen LogP contribution in [0, 0.1) is 87.8 Å². The zero-order valence-corrected chi connectivity index (χ0v) is 53.2. The second-order valence-electron chi connectivity index (χ2n) is 28.6. The zero-order valence-electron chi connectivity index (χ0n) is 51.6. The Bertz CT molecular complexity index is 3380. The van der Waals surface area contributed by atoms with Crippen molar-refractivity contribution in [3.63, 3.8) is 0 Å². The Kier molecular flexibility index (Phi) is 17.9. The normalized spacial score (nSPS) is 39.1. The molecule has 2 spiro atoms. The fraction of sp³-hybridized carbons (Fsp3) is 0.573. The molecule has 4 fully saturated rings. The van der Waals surface area contributed by atoms with Crippen molar-refractivity contribution in [3.8, 4) is 23.3 Å². The molecule has 11 N–H and O–H groups in total. The van der Waals surface area contributed by atoms with Crippen LogP contribution in [0.25, 0.3) is 0 Å². The molecular formula is C75H93N3O9S2. The minimum atomic E-state index is -1.09. The van der Waals surface area contributed by atoms with Gasteiger partial charge in [0.05, 0.1) is 43.7 Å². The van der Waals surface area contributed by atoms with Crippen LogP contribution in [0.15, 0.2) is 132 Å². The van der Waals surface area contributed by atoms with Gasteiger partial charge in [-0.25, -0.2) is 0 Å². The van der Waals surface area contributed by atoms with Gasteiger partial charge in [0, 0.05) is 77.1 Å². The monoisotopic (exact) mass is 1240 g/mol. The number of phenolic OH excluding ortho intramolecular Hbond substituents is 1. The molecule has 0 radical (unpaired) electrons. The van der Waals surface area contributed by atoms with Gasteiger partial charge in [-0.2, -0.15) is 0 Å². The Balaban J connectivity index is 0.883. The van der Waals surface area contributed by atoms with Crippen molar-refractivity contribution >= 4 is 21.6 Å². The Hall–Kier alpha value is -4.92. The number of nitrogens with one attached hydrogen (secondary N) is 2. The summed E-state index contributed by atoms with van der Waals surface area (Å²) < 4.78 is 13.8. The van der Waals surface area contributed by atoms with Crippen molar-refractivity contribution < 1.29 is 45.2 Å². The van der Waals surface area contributed by atoms with Crippen LogP contribution in [0.1, 0.15) is 123 Å². The number of aromatic amines is 1. The molecule has 12 nitrogen and oxygen atoms in total. The van der Waals surface area contributed by atoms with E-state index in [1.165, 1.54) is 41.5 Å². The Morgan fingerprint density at radius 1 is 0.820 bits per heavy atom. The Labute approximate surface area is 534 Å². The van der Waals surface area contributed by atoms with E-state index in [9.17, 15) is 35.7 Å². The number of fused-ring (bicyclic) bond motifs is 7. The second kappa shape index (κ2) is 25.9. The minimum Gasteiger partial charge on any atom is -0.504 e. The van der Waals surface area contributed by atoms with E-state index in [0.717, 1.165) is 47.2 Å². The number of dihydropyridines is 1. The highest BCUT2D eigenvalue weighted by Crippen LogP contribution is 2.71. The summed E-state index contributed by atoms with van der Waals surface area (Å²) in [5, 5.41) is 88.8. The number of hydrogen-bond donors (Lipinski definition) is 10. The first-order valence-electron chi connectivity index (χ1n) is 33.8. The molecule has 3 saturated carbocycles. The molecule has 8 aliphatic carbocycles. The van der Waals surface area contributed by atoms with E-state index in [1.54, 1.807) is 21.6 Å². The number of H-pyrrole nitrogens is 1.